The van der Waals surface area contributed by atoms with E-state index in [1.807, 2.05) is 6.07 Å². The second-order valence-corrected chi connectivity index (χ2v) is 5.89. The molecule has 0 radical (unpaired) electrons. The Bertz CT molecular complexity index is 657. The highest BCUT2D eigenvalue weighted by Gasteiger charge is 2.04. The van der Waals surface area contributed by atoms with Gasteiger partial charge < -0.3 is 10.6 Å². The molecule has 0 saturated heterocycles. The van der Waals surface area contributed by atoms with Crippen molar-refractivity contribution >= 4 is 41.3 Å². The van der Waals surface area contributed by atoms with Gasteiger partial charge in [0.1, 0.15) is 5.82 Å². The van der Waals surface area contributed by atoms with Gasteiger partial charge in [0, 0.05) is 19.0 Å². The molecule has 1 aromatic carbocycles. The molecule has 7 heteroatoms. The fourth-order valence-electron chi connectivity index (χ4n) is 1.92. The lowest BCUT2D eigenvalue weighted by atomic mass is 10.1. The zero-order chi connectivity index (χ0) is 15.9. The highest BCUT2D eigenvalue weighted by Crippen LogP contribution is 2.10. The van der Waals surface area contributed by atoms with E-state index >= 15 is 0 Å². The van der Waals surface area contributed by atoms with Crippen molar-refractivity contribution in [1.29, 1.82) is 0 Å². The summed E-state index contributed by atoms with van der Waals surface area (Å²) in [5.41, 5.74) is 2.54. The number of rotatable bonds is 5. The van der Waals surface area contributed by atoms with Crippen molar-refractivity contribution < 1.29 is 4.39 Å². The minimum Gasteiger partial charge on any atom is -0.352 e. The molecule has 126 valence electrons. The van der Waals surface area contributed by atoms with E-state index in [1.54, 1.807) is 37.4 Å². The summed E-state index contributed by atoms with van der Waals surface area (Å²) in [6.45, 7) is 5.00. The minimum absolute atomic E-state index is 0. The largest absolute Gasteiger partial charge is 0.352 e. The summed E-state index contributed by atoms with van der Waals surface area (Å²) >= 11 is 1.67. The molecular formula is C16H22FIN4S. The zero-order valence-electron chi connectivity index (χ0n) is 13.5. The third kappa shape index (κ3) is 6.06. The number of nitrogens with zero attached hydrogens (tertiary/aromatic N) is 2. The van der Waals surface area contributed by atoms with Crippen LogP contribution >= 0.6 is 35.3 Å². The topological polar surface area (TPSA) is 49.3 Å². The van der Waals surface area contributed by atoms with Gasteiger partial charge in [-0.3, -0.25) is 4.99 Å². The van der Waals surface area contributed by atoms with Gasteiger partial charge in [-0.15, -0.1) is 35.3 Å². The smallest absolute Gasteiger partial charge is 0.191 e. The summed E-state index contributed by atoms with van der Waals surface area (Å²) in [5, 5.41) is 9.56. The lowest BCUT2D eigenvalue weighted by Crippen LogP contribution is -2.36. The molecule has 0 atom stereocenters. The van der Waals surface area contributed by atoms with Crippen LogP contribution in [0.2, 0.25) is 0 Å². The Balaban J connectivity index is 0.00000264. The number of nitrogens with one attached hydrogen (secondary N) is 2. The molecule has 2 aromatic rings. The van der Waals surface area contributed by atoms with Gasteiger partial charge in [-0.1, -0.05) is 19.1 Å². The second kappa shape index (κ2) is 9.82. The highest BCUT2D eigenvalue weighted by molar-refractivity contribution is 14.0. The van der Waals surface area contributed by atoms with Gasteiger partial charge in [-0.25, -0.2) is 9.37 Å². The van der Waals surface area contributed by atoms with Gasteiger partial charge in [0.2, 0.25) is 0 Å². The number of thiazole rings is 1. The van der Waals surface area contributed by atoms with Gasteiger partial charge >= 0.3 is 0 Å². The third-order valence-electron chi connectivity index (χ3n) is 3.26. The second-order valence-electron chi connectivity index (χ2n) is 4.95. The molecule has 4 nitrogen and oxygen atoms in total. The Morgan fingerprint density at radius 2 is 2.04 bits per heavy atom. The van der Waals surface area contributed by atoms with E-state index < -0.39 is 0 Å². The predicted molar refractivity (Wildman–Crippen MR) is 105 cm³/mol. The van der Waals surface area contributed by atoms with Gasteiger partial charge in [-0.05, 0) is 30.5 Å². The molecule has 0 fully saturated rings. The number of hydrogen-bond donors (Lipinski definition) is 2. The SMILES string of the molecule is CCc1nc(CNC(=NC)NCc2ccc(C)c(F)c2)cs1.I. The van der Waals surface area contributed by atoms with E-state index in [0.717, 1.165) is 22.7 Å². The van der Waals surface area contributed by atoms with E-state index in [-0.39, 0.29) is 29.8 Å². The maximum absolute atomic E-state index is 13.5. The fourth-order valence-corrected chi connectivity index (χ4v) is 2.66. The summed E-state index contributed by atoms with van der Waals surface area (Å²) in [6, 6.07) is 5.24. The fraction of sp³-hybridized carbons (Fsp3) is 0.375. The van der Waals surface area contributed by atoms with Crippen LogP contribution in [0.4, 0.5) is 4.39 Å². The first-order valence-electron chi connectivity index (χ1n) is 7.25. The molecular weight excluding hydrogens is 426 g/mol. The summed E-state index contributed by atoms with van der Waals surface area (Å²) in [4.78, 5) is 8.66. The number of aryl methyl sites for hydroxylation is 2. The molecule has 0 amide bonds. The van der Waals surface area contributed by atoms with Crippen LogP contribution in [-0.2, 0) is 19.5 Å². The Morgan fingerprint density at radius 3 is 2.65 bits per heavy atom. The molecule has 1 heterocycles. The first-order chi connectivity index (χ1) is 10.6. The van der Waals surface area contributed by atoms with E-state index in [2.05, 4.69) is 32.9 Å². The van der Waals surface area contributed by atoms with Crippen molar-refractivity contribution in [3.05, 3.63) is 51.2 Å². The van der Waals surface area contributed by atoms with Crippen molar-refractivity contribution in [3.8, 4) is 0 Å². The van der Waals surface area contributed by atoms with E-state index in [4.69, 9.17) is 0 Å². The van der Waals surface area contributed by atoms with Crippen LogP contribution in [0.15, 0.2) is 28.6 Å². The first-order valence-corrected chi connectivity index (χ1v) is 8.13. The Hall–Kier alpha value is -1.22. The number of benzene rings is 1. The van der Waals surface area contributed by atoms with Crippen LogP contribution in [0, 0.1) is 12.7 Å². The van der Waals surface area contributed by atoms with Crippen LogP contribution < -0.4 is 10.6 Å². The highest BCUT2D eigenvalue weighted by atomic mass is 127. The quantitative estimate of drug-likeness (QED) is 0.417. The van der Waals surface area contributed by atoms with E-state index in [1.165, 1.54) is 0 Å². The summed E-state index contributed by atoms with van der Waals surface area (Å²) < 4.78 is 13.5. The molecule has 1 aromatic heterocycles. The molecule has 0 bridgehead atoms. The average Bonchev–Trinajstić information content (AvgIpc) is 2.99. The normalized spacial score (nSPS) is 11.0. The Kier molecular flexibility index (Phi) is 8.46. The Morgan fingerprint density at radius 1 is 1.30 bits per heavy atom. The molecule has 0 aliphatic rings. The minimum atomic E-state index is -0.184. The number of guanidine groups is 1. The molecule has 2 rings (SSSR count). The van der Waals surface area contributed by atoms with Crippen LogP contribution in [0.1, 0.15) is 28.8 Å². The van der Waals surface area contributed by atoms with Crippen molar-refractivity contribution in [3.63, 3.8) is 0 Å². The molecule has 0 aliphatic heterocycles. The van der Waals surface area contributed by atoms with E-state index in [0.29, 0.717) is 24.6 Å². The lowest BCUT2D eigenvalue weighted by molar-refractivity contribution is 0.615. The number of aromatic nitrogens is 1. The van der Waals surface area contributed by atoms with Crippen LogP contribution in [0.25, 0.3) is 0 Å². The molecule has 2 N–H and O–H groups in total. The number of hydrogen-bond acceptors (Lipinski definition) is 3. The Labute approximate surface area is 157 Å². The zero-order valence-corrected chi connectivity index (χ0v) is 16.7. The third-order valence-corrected chi connectivity index (χ3v) is 4.30. The summed E-state index contributed by atoms with van der Waals surface area (Å²) in [5.74, 6) is 0.490. The average molecular weight is 448 g/mol. The van der Waals surface area contributed by atoms with Gasteiger partial charge in [-0.2, -0.15) is 0 Å². The van der Waals surface area contributed by atoms with Crippen LogP contribution in [-0.4, -0.2) is 18.0 Å². The molecule has 0 aliphatic carbocycles. The van der Waals surface area contributed by atoms with Gasteiger partial charge in [0.05, 0.1) is 17.2 Å². The molecule has 0 unspecified atom stereocenters. The maximum Gasteiger partial charge on any atom is 0.191 e. The van der Waals surface area contributed by atoms with E-state index in [9.17, 15) is 4.39 Å². The van der Waals surface area contributed by atoms with Crippen molar-refractivity contribution in [2.75, 3.05) is 7.05 Å². The number of halogens is 2. The molecule has 0 spiro atoms. The maximum atomic E-state index is 13.5. The van der Waals surface area contributed by atoms with Crippen LogP contribution in [0.5, 0.6) is 0 Å². The molecule has 23 heavy (non-hydrogen) atoms. The molecule has 0 saturated carbocycles. The van der Waals surface area contributed by atoms with Crippen molar-refractivity contribution in [1.82, 2.24) is 15.6 Å². The van der Waals surface area contributed by atoms with Crippen molar-refractivity contribution in [2.24, 2.45) is 4.99 Å². The number of aliphatic imine (C=N–C) groups is 1. The predicted octanol–water partition coefficient (Wildman–Crippen LogP) is 3.64. The lowest BCUT2D eigenvalue weighted by Gasteiger charge is -2.11. The summed E-state index contributed by atoms with van der Waals surface area (Å²) in [7, 11) is 1.71. The summed E-state index contributed by atoms with van der Waals surface area (Å²) in [6.07, 6.45) is 0.955. The van der Waals surface area contributed by atoms with Gasteiger partial charge in [0.25, 0.3) is 0 Å². The first kappa shape index (κ1) is 19.8. The van der Waals surface area contributed by atoms with Crippen LogP contribution in [0.3, 0.4) is 0 Å². The van der Waals surface area contributed by atoms with Gasteiger partial charge in [0.15, 0.2) is 5.96 Å². The standard InChI is InChI=1S/C16H21FN4S.HI/c1-4-15-21-13(10-22-15)9-20-16(18-3)19-8-12-6-5-11(2)14(17)7-12;/h5-7,10H,4,8-9H2,1-3H3,(H2,18,19,20);1H. The van der Waals surface area contributed by atoms with Crippen molar-refractivity contribution in [2.45, 2.75) is 33.4 Å². The monoisotopic (exact) mass is 448 g/mol.